The Hall–Kier alpha value is -1.59. The molecule has 0 saturated carbocycles. The molecule has 1 aliphatic rings. The van der Waals surface area contributed by atoms with Gasteiger partial charge >= 0.3 is 0 Å². The van der Waals surface area contributed by atoms with Gasteiger partial charge in [-0.25, -0.2) is 5.43 Å². The van der Waals surface area contributed by atoms with Gasteiger partial charge in [0.2, 0.25) is 5.91 Å². The topological polar surface area (TPSA) is 73.7 Å². The Labute approximate surface area is 110 Å². The highest BCUT2D eigenvalue weighted by molar-refractivity contribution is 6.18. The minimum atomic E-state index is -0.563. The fraction of sp³-hybridized carbons (Fsp3) is 0.333. The van der Waals surface area contributed by atoms with Crippen LogP contribution in [-0.2, 0) is 4.79 Å². The van der Waals surface area contributed by atoms with E-state index >= 15 is 0 Å². The van der Waals surface area contributed by atoms with Crippen molar-refractivity contribution in [2.45, 2.75) is 12.5 Å². The minimum Gasteiger partial charge on any atom is -0.390 e. The number of benzene rings is 1. The third-order valence-corrected chi connectivity index (χ3v) is 2.94. The number of halogens is 1. The van der Waals surface area contributed by atoms with Gasteiger partial charge in [-0.05, 0) is 17.7 Å². The summed E-state index contributed by atoms with van der Waals surface area (Å²) in [5.41, 5.74) is 4.96. The van der Waals surface area contributed by atoms with Gasteiger partial charge in [-0.3, -0.25) is 4.79 Å². The fourth-order valence-electron chi connectivity index (χ4n) is 1.60. The van der Waals surface area contributed by atoms with Crippen molar-refractivity contribution >= 4 is 28.9 Å². The van der Waals surface area contributed by atoms with Gasteiger partial charge in [-0.2, -0.15) is 5.10 Å². The number of aliphatic hydroxyl groups excluding tert-OH is 1. The van der Waals surface area contributed by atoms with Gasteiger partial charge in [0, 0.05) is 12.2 Å². The Balaban J connectivity index is 1.95. The van der Waals surface area contributed by atoms with E-state index in [9.17, 15) is 9.90 Å². The van der Waals surface area contributed by atoms with Crippen LogP contribution in [0.3, 0.4) is 0 Å². The number of carbonyl (C=O) groups excluding carboxylic acids is 1. The molecule has 1 amide bonds. The smallest absolute Gasteiger partial charge is 0.246 e. The summed E-state index contributed by atoms with van der Waals surface area (Å²) in [6.45, 7) is 0.407. The SMILES string of the molecule is O=C1CC(c2ccc(NCC(O)CCl)cc2)=NN1. The molecule has 1 aliphatic heterocycles. The van der Waals surface area contributed by atoms with Crippen molar-refractivity contribution in [3.63, 3.8) is 0 Å². The van der Waals surface area contributed by atoms with Gasteiger partial charge in [-0.1, -0.05) is 12.1 Å². The standard InChI is InChI=1S/C12H14ClN3O2/c13-6-10(17)7-14-9-3-1-8(2-4-9)11-5-12(18)16-15-11/h1-4,10,14,17H,5-7H2,(H,16,18). The molecular formula is C12H14ClN3O2. The third-order valence-electron chi connectivity index (χ3n) is 2.58. The van der Waals surface area contributed by atoms with Gasteiger partial charge < -0.3 is 10.4 Å². The maximum atomic E-state index is 11.0. The van der Waals surface area contributed by atoms with Crippen molar-refractivity contribution in [2.24, 2.45) is 5.10 Å². The largest absolute Gasteiger partial charge is 0.390 e. The maximum absolute atomic E-state index is 11.0. The number of carbonyl (C=O) groups is 1. The molecule has 0 spiro atoms. The zero-order chi connectivity index (χ0) is 13.0. The van der Waals surface area contributed by atoms with Crippen molar-refractivity contribution in [2.75, 3.05) is 17.7 Å². The average molecular weight is 268 g/mol. The molecule has 1 unspecified atom stereocenters. The van der Waals surface area contributed by atoms with Crippen LogP contribution in [0.4, 0.5) is 5.69 Å². The fourth-order valence-corrected chi connectivity index (χ4v) is 1.71. The third kappa shape index (κ3) is 3.21. The summed E-state index contributed by atoms with van der Waals surface area (Å²) in [6, 6.07) is 7.52. The monoisotopic (exact) mass is 267 g/mol. The zero-order valence-corrected chi connectivity index (χ0v) is 10.4. The molecule has 1 aromatic carbocycles. The van der Waals surface area contributed by atoms with Crippen LogP contribution in [0.1, 0.15) is 12.0 Å². The first-order valence-corrected chi connectivity index (χ1v) is 6.16. The zero-order valence-electron chi connectivity index (χ0n) is 9.69. The van der Waals surface area contributed by atoms with Crippen molar-refractivity contribution in [1.29, 1.82) is 0 Å². The highest BCUT2D eigenvalue weighted by Crippen LogP contribution is 2.13. The Kier molecular flexibility index (Phi) is 4.17. The van der Waals surface area contributed by atoms with Crippen LogP contribution in [-0.4, -0.2) is 35.3 Å². The Morgan fingerprint density at radius 3 is 2.72 bits per heavy atom. The molecule has 96 valence electrons. The van der Waals surface area contributed by atoms with Crippen molar-refractivity contribution in [1.82, 2.24) is 5.43 Å². The van der Waals surface area contributed by atoms with Crippen LogP contribution in [0.15, 0.2) is 29.4 Å². The normalized spacial score (nSPS) is 16.1. The van der Waals surface area contributed by atoms with E-state index in [1.807, 2.05) is 24.3 Å². The van der Waals surface area contributed by atoms with Gasteiger partial charge in [0.25, 0.3) is 0 Å². The summed E-state index contributed by atoms with van der Waals surface area (Å²) in [5, 5.41) is 16.3. The molecule has 18 heavy (non-hydrogen) atoms. The highest BCUT2D eigenvalue weighted by atomic mass is 35.5. The van der Waals surface area contributed by atoms with E-state index in [1.54, 1.807) is 0 Å². The molecular weight excluding hydrogens is 254 g/mol. The van der Waals surface area contributed by atoms with Crippen molar-refractivity contribution < 1.29 is 9.90 Å². The number of hydrogen-bond acceptors (Lipinski definition) is 4. The van der Waals surface area contributed by atoms with Crippen LogP contribution in [0, 0.1) is 0 Å². The molecule has 0 fully saturated rings. The van der Waals surface area contributed by atoms with E-state index in [1.165, 1.54) is 0 Å². The number of alkyl halides is 1. The predicted molar refractivity (Wildman–Crippen MR) is 71.0 cm³/mol. The van der Waals surface area contributed by atoms with E-state index in [0.29, 0.717) is 13.0 Å². The average Bonchev–Trinajstić information content (AvgIpc) is 2.83. The molecule has 1 atom stereocenters. The number of aliphatic hydroxyl groups is 1. The molecule has 0 aliphatic carbocycles. The minimum absolute atomic E-state index is 0.0857. The van der Waals surface area contributed by atoms with Crippen LogP contribution in [0.25, 0.3) is 0 Å². The molecule has 1 aromatic rings. The molecule has 0 bridgehead atoms. The second-order valence-corrected chi connectivity index (χ2v) is 4.35. The van der Waals surface area contributed by atoms with Crippen LogP contribution in [0.2, 0.25) is 0 Å². The number of hydrogen-bond donors (Lipinski definition) is 3. The Morgan fingerprint density at radius 1 is 1.44 bits per heavy atom. The van der Waals surface area contributed by atoms with Gasteiger partial charge in [0.05, 0.1) is 24.1 Å². The highest BCUT2D eigenvalue weighted by Gasteiger charge is 2.15. The molecule has 6 heteroatoms. The summed E-state index contributed by atoms with van der Waals surface area (Å²) in [5.74, 6) is 0.118. The van der Waals surface area contributed by atoms with E-state index in [2.05, 4.69) is 15.8 Å². The number of nitrogens with one attached hydrogen (secondary N) is 2. The summed E-state index contributed by atoms with van der Waals surface area (Å²) in [7, 11) is 0. The van der Waals surface area contributed by atoms with E-state index in [0.717, 1.165) is 17.0 Å². The van der Waals surface area contributed by atoms with Crippen LogP contribution >= 0.6 is 11.6 Å². The van der Waals surface area contributed by atoms with Gasteiger partial charge in [0.1, 0.15) is 0 Å². The molecule has 0 saturated heterocycles. The second kappa shape index (κ2) is 5.84. The lowest BCUT2D eigenvalue weighted by Crippen LogP contribution is -2.20. The lowest BCUT2D eigenvalue weighted by Gasteiger charge is -2.10. The number of anilines is 1. The molecule has 3 N–H and O–H groups in total. The first kappa shape index (κ1) is 12.9. The van der Waals surface area contributed by atoms with Gasteiger partial charge in [0.15, 0.2) is 0 Å². The summed E-state index contributed by atoms with van der Waals surface area (Å²) >= 11 is 5.50. The number of hydrazone groups is 1. The lowest BCUT2D eigenvalue weighted by molar-refractivity contribution is -0.119. The molecule has 0 aromatic heterocycles. The predicted octanol–water partition coefficient (Wildman–Crippen LogP) is 0.922. The summed E-state index contributed by atoms with van der Waals surface area (Å²) in [4.78, 5) is 11.0. The Morgan fingerprint density at radius 2 is 2.17 bits per heavy atom. The van der Waals surface area contributed by atoms with Crippen LogP contribution in [0.5, 0.6) is 0 Å². The second-order valence-electron chi connectivity index (χ2n) is 4.04. The van der Waals surface area contributed by atoms with E-state index in [-0.39, 0.29) is 11.8 Å². The molecule has 0 radical (unpaired) electrons. The number of nitrogens with zero attached hydrogens (tertiary/aromatic N) is 1. The summed E-state index contributed by atoms with van der Waals surface area (Å²) < 4.78 is 0. The number of rotatable bonds is 5. The molecule has 2 rings (SSSR count). The first-order valence-electron chi connectivity index (χ1n) is 5.63. The lowest BCUT2D eigenvalue weighted by atomic mass is 10.1. The van der Waals surface area contributed by atoms with E-state index < -0.39 is 6.10 Å². The Bertz CT molecular complexity index is 459. The van der Waals surface area contributed by atoms with Gasteiger partial charge in [-0.15, -0.1) is 11.6 Å². The maximum Gasteiger partial charge on any atom is 0.246 e. The first-order chi connectivity index (χ1) is 8.69. The number of amides is 1. The molecule has 5 nitrogen and oxygen atoms in total. The summed E-state index contributed by atoms with van der Waals surface area (Å²) in [6.07, 6.45) is -0.245. The quantitative estimate of drug-likeness (QED) is 0.695. The van der Waals surface area contributed by atoms with Crippen molar-refractivity contribution in [3.05, 3.63) is 29.8 Å². The van der Waals surface area contributed by atoms with Crippen LogP contribution < -0.4 is 10.7 Å². The molecule has 1 heterocycles. The van der Waals surface area contributed by atoms with E-state index in [4.69, 9.17) is 11.6 Å². The van der Waals surface area contributed by atoms with Crippen molar-refractivity contribution in [3.8, 4) is 0 Å².